The van der Waals surface area contributed by atoms with Crippen molar-refractivity contribution in [2.75, 3.05) is 0 Å². The van der Waals surface area contributed by atoms with Crippen LogP contribution in [0.15, 0.2) is 53.3 Å². The average Bonchev–Trinajstić information content (AvgIpc) is 2.82. The normalized spacial score (nSPS) is 13.1. The number of hydrogen-bond acceptors (Lipinski definition) is 2. The van der Waals surface area contributed by atoms with Crippen molar-refractivity contribution in [3.63, 3.8) is 0 Å². The van der Waals surface area contributed by atoms with E-state index in [1.165, 1.54) is 0 Å². The van der Waals surface area contributed by atoms with Gasteiger partial charge in [0, 0.05) is 27.6 Å². The van der Waals surface area contributed by atoms with Crippen LogP contribution < -0.4 is 0 Å². The van der Waals surface area contributed by atoms with Gasteiger partial charge in [-0.15, -0.1) is 10.2 Å². The summed E-state index contributed by atoms with van der Waals surface area (Å²) in [5, 5.41) is 9.75. The van der Waals surface area contributed by atoms with E-state index in [-0.39, 0.29) is 0 Å². The van der Waals surface area contributed by atoms with Crippen molar-refractivity contribution in [1.29, 1.82) is 0 Å². The molecule has 4 rings (SSSR count). The SMILES string of the molecule is Clc1ccc2c(c1)C(c1ccccc1Cl)=CCc1nnc(Br)n1-2. The van der Waals surface area contributed by atoms with E-state index in [0.717, 1.165) is 28.2 Å². The van der Waals surface area contributed by atoms with Crippen LogP contribution in [0.1, 0.15) is 17.0 Å². The predicted octanol–water partition coefficient (Wildman–Crippen LogP) is 5.32. The smallest absolute Gasteiger partial charge is 0.204 e. The van der Waals surface area contributed by atoms with Crippen molar-refractivity contribution in [1.82, 2.24) is 14.8 Å². The highest BCUT2D eigenvalue weighted by molar-refractivity contribution is 9.10. The molecule has 0 aliphatic carbocycles. The number of halogens is 3. The first-order chi connectivity index (χ1) is 11.1. The van der Waals surface area contributed by atoms with E-state index in [2.05, 4.69) is 32.2 Å². The van der Waals surface area contributed by atoms with Crippen molar-refractivity contribution in [3.05, 3.63) is 80.3 Å². The van der Waals surface area contributed by atoms with E-state index in [1.54, 1.807) is 0 Å². The Morgan fingerprint density at radius 2 is 1.83 bits per heavy atom. The molecule has 1 aliphatic heterocycles. The first-order valence-corrected chi connectivity index (χ1v) is 8.55. The number of rotatable bonds is 1. The average molecular weight is 407 g/mol. The number of aromatic nitrogens is 3. The summed E-state index contributed by atoms with van der Waals surface area (Å²) in [6, 6.07) is 13.6. The molecule has 1 aliphatic rings. The Morgan fingerprint density at radius 3 is 2.65 bits per heavy atom. The topological polar surface area (TPSA) is 30.7 Å². The predicted molar refractivity (Wildman–Crippen MR) is 96.3 cm³/mol. The fraction of sp³-hybridized carbons (Fsp3) is 0.0588. The molecule has 114 valence electrons. The van der Waals surface area contributed by atoms with Crippen LogP contribution in [-0.4, -0.2) is 14.8 Å². The highest BCUT2D eigenvalue weighted by Gasteiger charge is 2.22. The van der Waals surface area contributed by atoms with Crippen LogP contribution in [0.4, 0.5) is 0 Å². The molecule has 0 radical (unpaired) electrons. The van der Waals surface area contributed by atoms with Gasteiger partial charge in [-0.05, 0) is 45.8 Å². The van der Waals surface area contributed by atoms with E-state index in [9.17, 15) is 0 Å². The molecule has 0 fully saturated rings. The van der Waals surface area contributed by atoms with Gasteiger partial charge in [0.1, 0.15) is 5.82 Å². The molecular formula is C17H10BrCl2N3. The lowest BCUT2D eigenvalue weighted by atomic mass is 9.96. The Labute approximate surface area is 151 Å². The van der Waals surface area contributed by atoms with Crippen molar-refractivity contribution in [3.8, 4) is 5.69 Å². The quantitative estimate of drug-likeness (QED) is 0.547. The maximum atomic E-state index is 6.42. The lowest BCUT2D eigenvalue weighted by Gasteiger charge is -2.14. The van der Waals surface area contributed by atoms with Gasteiger partial charge in [0.25, 0.3) is 0 Å². The van der Waals surface area contributed by atoms with Crippen LogP contribution in [0, 0.1) is 0 Å². The van der Waals surface area contributed by atoms with Gasteiger partial charge in [0.05, 0.1) is 5.69 Å². The standard InChI is InChI=1S/C17H10BrCl2N3/c18-17-22-21-16-8-6-11(12-3-1-2-4-14(12)20)13-9-10(19)5-7-15(13)23(16)17/h1-7,9H,8H2. The monoisotopic (exact) mass is 405 g/mol. The summed E-state index contributed by atoms with van der Waals surface area (Å²) < 4.78 is 2.66. The molecule has 2 aromatic carbocycles. The third-order valence-corrected chi connectivity index (χ3v) is 4.91. The Balaban J connectivity index is 2.03. The molecule has 0 bridgehead atoms. The third-order valence-electron chi connectivity index (χ3n) is 3.83. The van der Waals surface area contributed by atoms with Gasteiger partial charge in [-0.2, -0.15) is 0 Å². The van der Waals surface area contributed by atoms with E-state index < -0.39 is 0 Å². The fourth-order valence-electron chi connectivity index (χ4n) is 2.82. The Hall–Kier alpha value is -1.62. The van der Waals surface area contributed by atoms with Gasteiger partial charge in [0.2, 0.25) is 4.73 Å². The van der Waals surface area contributed by atoms with E-state index in [1.807, 2.05) is 47.0 Å². The molecule has 6 heteroatoms. The Kier molecular flexibility index (Phi) is 3.76. The van der Waals surface area contributed by atoms with Gasteiger partial charge in [0.15, 0.2) is 0 Å². The first kappa shape index (κ1) is 14.9. The lowest BCUT2D eigenvalue weighted by molar-refractivity contribution is 0.920. The molecule has 0 atom stereocenters. The highest BCUT2D eigenvalue weighted by Crippen LogP contribution is 2.37. The van der Waals surface area contributed by atoms with Crippen LogP contribution >= 0.6 is 39.1 Å². The molecule has 0 unspecified atom stereocenters. The minimum absolute atomic E-state index is 0.658. The number of benzene rings is 2. The summed E-state index contributed by atoms with van der Waals surface area (Å²) in [4.78, 5) is 0. The Morgan fingerprint density at radius 1 is 1.00 bits per heavy atom. The van der Waals surface area contributed by atoms with Crippen LogP contribution in [0.25, 0.3) is 11.3 Å². The van der Waals surface area contributed by atoms with Crippen molar-refractivity contribution in [2.24, 2.45) is 0 Å². The molecule has 0 saturated heterocycles. The summed E-state index contributed by atoms with van der Waals surface area (Å²) in [6.45, 7) is 0. The largest absolute Gasteiger partial charge is 0.273 e. The van der Waals surface area contributed by atoms with Crippen LogP contribution in [0.2, 0.25) is 10.0 Å². The number of hydrogen-bond donors (Lipinski definition) is 0. The summed E-state index contributed by atoms with van der Waals surface area (Å²) in [7, 11) is 0. The molecule has 0 spiro atoms. The van der Waals surface area contributed by atoms with Gasteiger partial charge < -0.3 is 0 Å². The molecule has 2 heterocycles. The maximum absolute atomic E-state index is 6.42. The van der Waals surface area contributed by atoms with Crippen LogP contribution in [-0.2, 0) is 6.42 Å². The summed E-state index contributed by atoms with van der Waals surface area (Å²) >= 11 is 16.1. The fourth-order valence-corrected chi connectivity index (χ4v) is 3.71. The molecule has 23 heavy (non-hydrogen) atoms. The van der Waals surface area contributed by atoms with Crippen molar-refractivity contribution in [2.45, 2.75) is 6.42 Å². The molecule has 1 aromatic heterocycles. The van der Waals surface area contributed by atoms with Gasteiger partial charge in [-0.3, -0.25) is 4.57 Å². The van der Waals surface area contributed by atoms with Crippen molar-refractivity contribution < 1.29 is 0 Å². The van der Waals surface area contributed by atoms with E-state index in [4.69, 9.17) is 23.2 Å². The summed E-state index contributed by atoms with van der Waals surface area (Å²) in [5.74, 6) is 0.863. The highest BCUT2D eigenvalue weighted by atomic mass is 79.9. The Bertz CT molecular complexity index is 947. The zero-order valence-corrected chi connectivity index (χ0v) is 14.9. The molecule has 0 saturated carbocycles. The van der Waals surface area contributed by atoms with E-state index >= 15 is 0 Å². The molecule has 0 amide bonds. The second kappa shape index (κ2) is 5.78. The maximum Gasteiger partial charge on any atom is 0.204 e. The van der Waals surface area contributed by atoms with Crippen LogP contribution in [0.3, 0.4) is 0 Å². The first-order valence-electron chi connectivity index (χ1n) is 7.00. The van der Waals surface area contributed by atoms with Crippen LogP contribution in [0.5, 0.6) is 0 Å². The minimum Gasteiger partial charge on any atom is -0.273 e. The molecule has 0 N–H and O–H groups in total. The second-order valence-corrected chi connectivity index (χ2v) is 6.74. The van der Waals surface area contributed by atoms with Gasteiger partial charge in [-0.1, -0.05) is 47.5 Å². The lowest BCUT2D eigenvalue weighted by Crippen LogP contribution is -2.02. The summed E-state index contributed by atoms with van der Waals surface area (Å²) in [5.41, 5.74) is 4.01. The number of allylic oxidation sites excluding steroid dienone is 1. The zero-order valence-electron chi connectivity index (χ0n) is 11.8. The zero-order chi connectivity index (χ0) is 16.0. The third kappa shape index (κ3) is 2.51. The summed E-state index contributed by atoms with van der Waals surface area (Å²) in [6.07, 6.45) is 2.78. The van der Waals surface area contributed by atoms with Gasteiger partial charge in [-0.25, -0.2) is 0 Å². The molecular weight excluding hydrogens is 397 g/mol. The van der Waals surface area contributed by atoms with Gasteiger partial charge >= 0.3 is 0 Å². The molecule has 3 nitrogen and oxygen atoms in total. The minimum atomic E-state index is 0.658. The number of nitrogens with zero attached hydrogens (tertiary/aromatic N) is 3. The number of fused-ring (bicyclic) bond motifs is 3. The molecule has 3 aromatic rings. The van der Waals surface area contributed by atoms with Crippen molar-refractivity contribution >= 4 is 44.7 Å². The second-order valence-electron chi connectivity index (χ2n) is 5.18. The van der Waals surface area contributed by atoms with E-state index in [0.29, 0.717) is 21.2 Å².